The van der Waals surface area contributed by atoms with E-state index in [4.69, 9.17) is 21.1 Å². The van der Waals surface area contributed by atoms with Gasteiger partial charge in [0, 0.05) is 28.6 Å². The van der Waals surface area contributed by atoms with Crippen molar-refractivity contribution >= 4 is 22.9 Å². The van der Waals surface area contributed by atoms with Gasteiger partial charge in [0.2, 0.25) is 0 Å². The lowest BCUT2D eigenvalue weighted by molar-refractivity contribution is 0.277. The standard InChI is InChI=1S/C15H19ClN2O2S/c1-3-4-17-7-11-5-12(16)6-14(19-2)15(11)20-8-13-9-21-10-18-13/h5-6,9-10,17H,3-4,7-8H2,1-2H3. The van der Waals surface area contributed by atoms with E-state index in [2.05, 4.69) is 17.2 Å². The van der Waals surface area contributed by atoms with Gasteiger partial charge in [0.1, 0.15) is 6.61 Å². The number of hydrogen-bond acceptors (Lipinski definition) is 5. The number of benzene rings is 1. The van der Waals surface area contributed by atoms with Crippen LogP contribution < -0.4 is 14.8 Å². The fourth-order valence-electron chi connectivity index (χ4n) is 1.92. The zero-order valence-electron chi connectivity index (χ0n) is 12.2. The minimum absolute atomic E-state index is 0.419. The van der Waals surface area contributed by atoms with Crippen molar-refractivity contribution < 1.29 is 9.47 Å². The van der Waals surface area contributed by atoms with Gasteiger partial charge >= 0.3 is 0 Å². The molecule has 0 spiro atoms. The summed E-state index contributed by atoms with van der Waals surface area (Å²) in [6.07, 6.45) is 1.08. The Morgan fingerprint density at radius 2 is 2.24 bits per heavy atom. The third-order valence-corrected chi connectivity index (χ3v) is 3.76. The van der Waals surface area contributed by atoms with Gasteiger partial charge in [-0.05, 0) is 19.0 Å². The van der Waals surface area contributed by atoms with Crippen molar-refractivity contribution in [2.75, 3.05) is 13.7 Å². The van der Waals surface area contributed by atoms with Gasteiger partial charge in [0.05, 0.1) is 18.3 Å². The second-order valence-corrected chi connectivity index (χ2v) is 5.70. The molecule has 0 aliphatic carbocycles. The fourth-order valence-corrected chi connectivity index (χ4v) is 2.70. The summed E-state index contributed by atoms with van der Waals surface area (Å²) in [5, 5.41) is 5.97. The molecule has 1 heterocycles. The Labute approximate surface area is 134 Å². The van der Waals surface area contributed by atoms with Crippen LogP contribution in [0.2, 0.25) is 5.02 Å². The average Bonchev–Trinajstić information content (AvgIpc) is 2.99. The Morgan fingerprint density at radius 3 is 2.90 bits per heavy atom. The second-order valence-electron chi connectivity index (χ2n) is 4.54. The molecule has 0 atom stereocenters. The molecule has 0 radical (unpaired) electrons. The van der Waals surface area contributed by atoms with Gasteiger partial charge in [-0.25, -0.2) is 4.98 Å². The Hall–Kier alpha value is -1.30. The molecule has 0 fully saturated rings. The van der Waals surface area contributed by atoms with Crippen LogP contribution in [-0.2, 0) is 13.2 Å². The molecular formula is C15H19ClN2O2S. The number of ether oxygens (including phenoxy) is 2. The van der Waals surface area contributed by atoms with E-state index in [0.717, 1.165) is 30.0 Å². The Morgan fingerprint density at radius 1 is 1.38 bits per heavy atom. The van der Waals surface area contributed by atoms with Crippen molar-refractivity contribution in [1.82, 2.24) is 10.3 Å². The van der Waals surface area contributed by atoms with E-state index >= 15 is 0 Å². The largest absolute Gasteiger partial charge is 0.493 e. The van der Waals surface area contributed by atoms with E-state index in [1.807, 2.05) is 11.4 Å². The average molecular weight is 327 g/mol. The lowest BCUT2D eigenvalue weighted by atomic mass is 10.1. The first-order valence-electron chi connectivity index (χ1n) is 6.81. The molecule has 0 bridgehead atoms. The molecule has 1 aromatic carbocycles. The maximum Gasteiger partial charge on any atom is 0.166 e. The smallest absolute Gasteiger partial charge is 0.166 e. The number of thiazole rings is 1. The summed E-state index contributed by atoms with van der Waals surface area (Å²) < 4.78 is 11.3. The molecule has 0 unspecified atom stereocenters. The number of methoxy groups -OCH3 is 1. The first-order valence-corrected chi connectivity index (χ1v) is 8.13. The summed E-state index contributed by atoms with van der Waals surface area (Å²) in [4.78, 5) is 4.22. The summed E-state index contributed by atoms with van der Waals surface area (Å²) >= 11 is 7.69. The first-order chi connectivity index (χ1) is 10.2. The summed E-state index contributed by atoms with van der Waals surface area (Å²) in [6.45, 7) is 4.19. The predicted octanol–water partition coefficient (Wildman–Crippen LogP) is 3.88. The SMILES string of the molecule is CCCNCc1cc(Cl)cc(OC)c1OCc1cscn1. The molecule has 0 saturated heterocycles. The highest BCUT2D eigenvalue weighted by molar-refractivity contribution is 7.07. The minimum atomic E-state index is 0.419. The van der Waals surface area contributed by atoms with Crippen LogP contribution in [0.4, 0.5) is 0 Å². The summed E-state index contributed by atoms with van der Waals surface area (Å²) in [5.41, 5.74) is 3.69. The quantitative estimate of drug-likeness (QED) is 0.747. The van der Waals surface area contributed by atoms with Gasteiger partial charge in [-0.1, -0.05) is 18.5 Å². The van der Waals surface area contributed by atoms with Crippen LogP contribution in [0.25, 0.3) is 0 Å². The number of hydrogen-bond donors (Lipinski definition) is 1. The van der Waals surface area contributed by atoms with Gasteiger partial charge in [-0.2, -0.15) is 0 Å². The molecular weight excluding hydrogens is 308 g/mol. The zero-order valence-corrected chi connectivity index (χ0v) is 13.8. The van der Waals surface area contributed by atoms with Gasteiger partial charge < -0.3 is 14.8 Å². The van der Waals surface area contributed by atoms with Crippen molar-refractivity contribution in [2.24, 2.45) is 0 Å². The van der Waals surface area contributed by atoms with Crippen LogP contribution in [0.1, 0.15) is 24.6 Å². The first kappa shape index (κ1) is 16.1. The van der Waals surface area contributed by atoms with E-state index in [-0.39, 0.29) is 0 Å². The lowest BCUT2D eigenvalue weighted by Gasteiger charge is -2.15. The van der Waals surface area contributed by atoms with Gasteiger partial charge in [-0.15, -0.1) is 11.3 Å². The molecule has 2 aromatic rings. The summed E-state index contributed by atoms with van der Waals surface area (Å²) in [6, 6.07) is 3.67. The summed E-state index contributed by atoms with van der Waals surface area (Å²) in [5.74, 6) is 1.37. The van der Waals surface area contributed by atoms with Crippen LogP contribution in [-0.4, -0.2) is 18.6 Å². The zero-order chi connectivity index (χ0) is 15.1. The molecule has 21 heavy (non-hydrogen) atoms. The molecule has 0 aliphatic rings. The molecule has 2 rings (SSSR count). The van der Waals surface area contributed by atoms with Crippen LogP contribution >= 0.6 is 22.9 Å². The second kappa shape index (κ2) is 8.22. The molecule has 1 aromatic heterocycles. The van der Waals surface area contributed by atoms with E-state index in [0.29, 0.717) is 23.9 Å². The van der Waals surface area contributed by atoms with E-state index in [9.17, 15) is 0 Å². The molecule has 0 aliphatic heterocycles. The molecule has 0 saturated carbocycles. The molecule has 114 valence electrons. The Balaban J connectivity index is 2.17. The number of nitrogens with one attached hydrogen (secondary N) is 1. The number of halogens is 1. The lowest BCUT2D eigenvalue weighted by Crippen LogP contribution is -2.15. The molecule has 6 heteroatoms. The topological polar surface area (TPSA) is 43.4 Å². The third kappa shape index (κ3) is 4.59. The maximum atomic E-state index is 6.14. The van der Waals surface area contributed by atoms with Crippen molar-refractivity contribution in [1.29, 1.82) is 0 Å². The molecule has 4 nitrogen and oxygen atoms in total. The number of rotatable bonds is 8. The minimum Gasteiger partial charge on any atom is -0.493 e. The molecule has 0 amide bonds. The molecule has 1 N–H and O–H groups in total. The van der Waals surface area contributed by atoms with Crippen molar-refractivity contribution in [2.45, 2.75) is 26.5 Å². The van der Waals surface area contributed by atoms with Crippen LogP contribution in [0.5, 0.6) is 11.5 Å². The normalized spacial score (nSPS) is 10.6. The Kier molecular flexibility index (Phi) is 6.29. The van der Waals surface area contributed by atoms with Crippen molar-refractivity contribution in [3.63, 3.8) is 0 Å². The van der Waals surface area contributed by atoms with E-state index in [1.54, 1.807) is 30.0 Å². The summed E-state index contributed by atoms with van der Waals surface area (Å²) in [7, 11) is 1.62. The van der Waals surface area contributed by atoms with Crippen molar-refractivity contribution in [3.8, 4) is 11.5 Å². The highest BCUT2D eigenvalue weighted by Crippen LogP contribution is 2.35. The monoisotopic (exact) mass is 326 g/mol. The Bertz CT molecular complexity index is 561. The van der Waals surface area contributed by atoms with Gasteiger partial charge in [0.15, 0.2) is 11.5 Å². The highest BCUT2D eigenvalue weighted by Gasteiger charge is 2.13. The van der Waals surface area contributed by atoms with Gasteiger partial charge in [0.25, 0.3) is 0 Å². The van der Waals surface area contributed by atoms with Crippen LogP contribution in [0.3, 0.4) is 0 Å². The van der Waals surface area contributed by atoms with Crippen LogP contribution in [0.15, 0.2) is 23.0 Å². The predicted molar refractivity (Wildman–Crippen MR) is 86.4 cm³/mol. The fraction of sp³-hybridized carbons (Fsp3) is 0.400. The highest BCUT2D eigenvalue weighted by atomic mass is 35.5. The number of nitrogens with zero attached hydrogens (tertiary/aromatic N) is 1. The van der Waals surface area contributed by atoms with E-state index < -0.39 is 0 Å². The van der Waals surface area contributed by atoms with Crippen LogP contribution in [0, 0.1) is 0 Å². The van der Waals surface area contributed by atoms with Gasteiger partial charge in [-0.3, -0.25) is 0 Å². The maximum absolute atomic E-state index is 6.14. The third-order valence-electron chi connectivity index (χ3n) is 2.91. The van der Waals surface area contributed by atoms with E-state index in [1.165, 1.54) is 0 Å². The number of aromatic nitrogens is 1. The van der Waals surface area contributed by atoms with Crippen molar-refractivity contribution in [3.05, 3.63) is 39.3 Å².